The number of hydrogen-bond donors (Lipinski definition) is 2. The van der Waals surface area contributed by atoms with E-state index in [4.69, 9.17) is 26.2 Å². The second-order valence-corrected chi connectivity index (χ2v) is 3.39. The highest BCUT2D eigenvalue weighted by Crippen LogP contribution is 2.18. The first kappa shape index (κ1) is 14.3. The minimum absolute atomic E-state index is 0.102. The zero-order chi connectivity index (χ0) is 15.1. The molecule has 0 aliphatic carbocycles. The quantitative estimate of drug-likeness (QED) is 0.785. The largest absolute Gasteiger partial charge is 0.478 e. The van der Waals surface area contributed by atoms with Crippen LogP contribution in [0.2, 0.25) is 0 Å². The molecule has 0 heterocycles. The molecule has 0 amide bonds. The van der Waals surface area contributed by atoms with Crippen LogP contribution < -0.4 is 5.32 Å². The summed E-state index contributed by atoms with van der Waals surface area (Å²) >= 11 is 0. The highest BCUT2D eigenvalue weighted by Gasteiger charge is 2.12. The van der Waals surface area contributed by atoms with E-state index in [0.29, 0.717) is 0 Å². The summed E-state index contributed by atoms with van der Waals surface area (Å²) in [4.78, 5) is 10.9. The molecule has 0 unspecified atom stereocenters. The first-order valence-corrected chi connectivity index (χ1v) is 5.06. The SMILES string of the molecule is N#CC(C#N)=C(C#N)Nc1ccc(C(=O)O)c(C#N)c1. The molecule has 0 aliphatic rings. The summed E-state index contributed by atoms with van der Waals surface area (Å²) in [6.45, 7) is 0. The number of aromatic carboxylic acids is 1. The Morgan fingerprint density at radius 3 is 2.20 bits per heavy atom. The Morgan fingerprint density at radius 2 is 1.75 bits per heavy atom. The molecular formula is C13H5N5O2. The number of carbonyl (C=O) groups is 1. The van der Waals surface area contributed by atoms with Gasteiger partial charge in [0.2, 0.25) is 0 Å². The first-order valence-electron chi connectivity index (χ1n) is 5.06. The molecule has 1 rings (SSSR count). The van der Waals surface area contributed by atoms with E-state index in [-0.39, 0.29) is 22.5 Å². The number of rotatable bonds is 3. The van der Waals surface area contributed by atoms with Crippen LogP contribution in [0, 0.1) is 45.3 Å². The van der Waals surface area contributed by atoms with Gasteiger partial charge in [-0.3, -0.25) is 0 Å². The van der Waals surface area contributed by atoms with Gasteiger partial charge in [-0.2, -0.15) is 21.0 Å². The van der Waals surface area contributed by atoms with Crippen molar-refractivity contribution in [3.63, 3.8) is 0 Å². The van der Waals surface area contributed by atoms with Crippen molar-refractivity contribution in [3.05, 3.63) is 40.6 Å². The second-order valence-electron chi connectivity index (χ2n) is 3.39. The van der Waals surface area contributed by atoms with Gasteiger partial charge >= 0.3 is 5.97 Å². The van der Waals surface area contributed by atoms with E-state index in [9.17, 15) is 4.79 Å². The van der Waals surface area contributed by atoms with Crippen molar-refractivity contribution < 1.29 is 9.90 Å². The zero-order valence-electron chi connectivity index (χ0n) is 9.88. The Hall–Kier alpha value is -3.81. The fourth-order valence-corrected chi connectivity index (χ4v) is 1.33. The summed E-state index contributed by atoms with van der Waals surface area (Å²) in [5.74, 6) is -1.25. The molecule has 0 fully saturated rings. The third-order valence-electron chi connectivity index (χ3n) is 2.23. The number of hydrogen-bond acceptors (Lipinski definition) is 6. The number of anilines is 1. The third kappa shape index (κ3) is 2.90. The lowest BCUT2D eigenvalue weighted by molar-refractivity contribution is 0.0696. The molecule has 0 spiro atoms. The molecular weight excluding hydrogens is 258 g/mol. The van der Waals surface area contributed by atoms with Gasteiger partial charge in [-0.15, -0.1) is 0 Å². The number of nitriles is 4. The van der Waals surface area contributed by atoms with Gasteiger partial charge in [0.1, 0.15) is 30.0 Å². The average Bonchev–Trinajstić information content (AvgIpc) is 2.46. The van der Waals surface area contributed by atoms with E-state index in [1.165, 1.54) is 18.2 Å². The maximum atomic E-state index is 10.9. The van der Waals surface area contributed by atoms with Gasteiger partial charge in [0.05, 0.1) is 11.1 Å². The summed E-state index contributed by atoms with van der Waals surface area (Å²) in [6.07, 6.45) is 0. The highest BCUT2D eigenvalue weighted by atomic mass is 16.4. The number of carboxylic acid groups (broad SMARTS) is 1. The van der Waals surface area contributed by atoms with Crippen molar-refractivity contribution in [2.24, 2.45) is 0 Å². The zero-order valence-corrected chi connectivity index (χ0v) is 9.88. The standard InChI is InChI=1S/C13H5N5O2/c14-4-8-3-10(1-2-11(8)13(19)20)18-12(7-17)9(5-15)6-16/h1-3,18H,(H,19,20). The topological polar surface area (TPSA) is 144 Å². The molecule has 1 aromatic rings. The number of allylic oxidation sites excluding steroid dienone is 2. The average molecular weight is 263 g/mol. The Bertz CT molecular complexity index is 750. The number of benzene rings is 1. The predicted octanol–water partition coefficient (Wildman–Crippen LogP) is 1.49. The van der Waals surface area contributed by atoms with E-state index in [0.717, 1.165) is 0 Å². The Morgan fingerprint density at radius 1 is 1.10 bits per heavy atom. The highest BCUT2D eigenvalue weighted by molar-refractivity contribution is 5.91. The molecule has 7 nitrogen and oxygen atoms in total. The molecule has 20 heavy (non-hydrogen) atoms. The lowest BCUT2D eigenvalue weighted by atomic mass is 10.1. The van der Waals surface area contributed by atoms with Gasteiger partial charge in [0, 0.05) is 5.69 Å². The van der Waals surface area contributed by atoms with Crippen molar-refractivity contribution in [2.75, 3.05) is 5.32 Å². The lowest BCUT2D eigenvalue weighted by Crippen LogP contribution is -2.04. The summed E-state index contributed by atoms with van der Waals surface area (Å²) in [7, 11) is 0. The fourth-order valence-electron chi connectivity index (χ4n) is 1.33. The monoisotopic (exact) mass is 263 g/mol. The second kappa shape index (κ2) is 6.21. The van der Waals surface area contributed by atoms with Crippen molar-refractivity contribution in [2.45, 2.75) is 0 Å². The van der Waals surface area contributed by atoms with Gasteiger partial charge in [-0.1, -0.05) is 0 Å². The van der Waals surface area contributed by atoms with Crippen LogP contribution in [0.25, 0.3) is 0 Å². The van der Waals surface area contributed by atoms with Crippen LogP contribution in [0.15, 0.2) is 29.5 Å². The fraction of sp³-hybridized carbons (Fsp3) is 0. The van der Waals surface area contributed by atoms with Crippen LogP contribution in [0.3, 0.4) is 0 Å². The summed E-state index contributed by atoms with van der Waals surface area (Å²) in [6, 6.07) is 10.2. The van der Waals surface area contributed by atoms with Crippen LogP contribution in [-0.2, 0) is 0 Å². The number of nitrogens with one attached hydrogen (secondary N) is 1. The van der Waals surface area contributed by atoms with Crippen LogP contribution in [-0.4, -0.2) is 11.1 Å². The first-order chi connectivity index (χ1) is 9.57. The van der Waals surface area contributed by atoms with Gasteiger partial charge < -0.3 is 10.4 Å². The minimum Gasteiger partial charge on any atom is -0.478 e. The van der Waals surface area contributed by atoms with Crippen LogP contribution in [0.1, 0.15) is 15.9 Å². The predicted molar refractivity (Wildman–Crippen MR) is 65.6 cm³/mol. The third-order valence-corrected chi connectivity index (χ3v) is 2.23. The van der Waals surface area contributed by atoms with Crippen molar-refractivity contribution >= 4 is 11.7 Å². The van der Waals surface area contributed by atoms with Crippen LogP contribution in [0.5, 0.6) is 0 Å². The smallest absolute Gasteiger partial charge is 0.337 e. The van der Waals surface area contributed by atoms with Crippen LogP contribution >= 0.6 is 0 Å². The van der Waals surface area contributed by atoms with Gasteiger partial charge in [0.15, 0.2) is 5.57 Å². The molecule has 0 radical (unpaired) electrons. The molecule has 94 valence electrons. The molecule has 0 aromatic heterocycles. The molecule has 2 N–H and O–H groups in total. The number of carboxylic acids is 1. The Kier molecular flexibility index (Phi) is 4.43. The molecule has 1 aromatic carbocycles. The van der Waals surface area contributed by atoms with E-state index in [2.05, 4.69) is 5.32 Å². The summed E-state index contributed by atoms with van der Waals surface area (Å²) < 4.78 is 0. The molecule has 0 saturated carbocycles. The normalized spacial score (nSPS) is 8.20. The maximum Gasteiger partial charge on any atom is 0.337 e. The summed E-state index contributed by atoms with van der Waals surface area (Å²) in [5, 5.41) is 46.4. The molecule has 0 saturated heterocycles. The van der Waals surface area contributed by atoms with Crippen LogP contribution in [0.4, 0.5) is 5.69 Å². The van der Waals surface area contributed by atoms with Crippen molar-refractivity contribution in [1.82, 2.24) is 0 Å². The maximum absolute atomic E-state index is 10.9. The van der Waals surface area contributed by atoms with Crippen molar-refractivity contribution in [1.29, 1.82) is 21.0 Å². The van der Waals surface area contributed by atoms with E-state index >= 15 is 0 Å². The van der Waals surface area contributed by atoms with Gasteiger partial charge in [-0.05, 0) is 18.2 Å². The molecule has 0 atom stereocenters. The minimum atomic E-state index is -1.25. The van der Waals surface area contributed by atoms with Gasteiger partial charge in [-0.25, -0.2) is 4.79 Å². The van der Waals surface area contributed by atoms with Gasteiger partial charge in [0.25, 0.3) is 0 Å². The number of nitrogens with zero attached hydrogens (tertiary/aromatic N) is 4. The van der Waals surface area contributed by atoms with E-state index in [1.54, 1.807) is 24.3 Å². The summed E-state index contributed by atoms with van der Waals surface area (Å²) in [5.41, 5.74) is -0.738. The molecule has 0 aliphatic heterocycles. The van der Waals surface area contributed by atoms with Crippen molar-refractivity contribution in [3.8, 4) is 24.3 Å². The molecule has 0 bridgehead atoms. The Balaban J connectivity index is 3.27. The van der Waals surface area contributed by atoms with E-state index in [1.807, 2.05) is 0 Å². The molecule has 7 heteroatoms. The Labute approximate surface area is 113 Å². The van der Waals surface area contributed by atoms with E-state index < -0.39 is 11.5 Å². The lowest BCUT2D eigenvalue weighted by Gasteiger charge is -2.06.